The molecule has 1 aliphatic heterocycles. The molecule has 0 radical (unpaired) electrons. The largest absolute Gasteiger partial charge is 0.353 e. The van der Waals surface area contributed by atoms with E-state index in [0.29, 0.717) is 24.8 Å². The number of nitrogens with zero attached hydrogens (tertiary/aromatic N) is 5. The van der Waals surface area contributed by atoms with Gasteiger partial charge in [-0.25, -0.2) is 4.98 Å². The van der Waals surface area contributed by atoms with E-state index in [1.54, 1.807) is 13.1 Å². The van der Waals surface area contributed by atoms with Gasteiger partial charge in [-0.3, -0.25) is 4.79 Å². The third kappa shape index (κ3) is 3.25. The van der Waals surface area contributed by atoms with Crippen LogP contribution < -0.4 is 4.90 Å². The summed E-state index contributed by atoms with van der Waals surface area (Å²) in [5, 5.41) is 5.83. The van der Waals surface area contributed by atoms with E-state index in [0.717, 1.165) is 29.3 Å². The van der Waals surface area contributed by atoms with Crippen molar-refractivity contribution in [2.45, 2.75) is 6.92 Å². The second-order valence-electron chi connectivity index (χ2n) is 5.80. The van der Waals surface area contributed by atoms with E-state index in [-0.39, 0.29) is 5.91 Å². The van der Waals surface area contributed by atoms with E-state index < -0.39 is 0 Å². The molecule has 0 aromatic carbocycles. The smallest absolute Gasteiger partial charge is 0.264 e. The lowest BCUT2D eigenvalue weighted by Crippen LogP contribution is -2.48. The molecule has 8 heteroatoms. The number of pyridine rings is 1. The molecular formula is C17H17N5O2S. The van der Waals surface area contributed by atoms with Crippen molar-refractivity contribution in [3.63, 3.8) is 0 Å². The van der Waals surface area contributed by atoms with E-state index in [4.69, 9.17) is 4.52 Å². The zero-order valence-corrected chi connectivity index (χ0v) is 14.6. The molecule has 4 rings (SSSR count). The summed E-state index contributed by atoms with van der Waals surface area (Å²) in [5.41, 5.74) is 0.826. The van der Waals surface area contributed by atoms with Crippen molar-refractivity contribution in [2.75, 3.05) is 31.1 Å². The summed E-state index contributed by atoms with van der Waals surface area (Å²) in [6, 6.07) is 7.68. The molecule has 1 fully saturated rings. The number of carbonyl (C=O) groups excluding carboxylic acids is 1. The third-order valence-corrected chi connectivity index (χ3v) is 5.01. The molecular weight excluding hydrogens is 338 g/mol. The van der Waals surface area contributed by atoms with Crippen molar-refractivity contribution < 1.29 is 9.32 Å². The number of amides is 1. The number of aromatic nitrogens is 3. The second kappa shape index (κ2) is 6.64. The lowest BCUT2D eigenvalue weighted by atomic mass is 10.2. The fraction of sp³-hybridized carbons (Fsp3) is 0.294. The van der Waals surface area contributed by atoms with Crippen LogP contribution in [0.3, 0.4) is 0 Å². The standard InChI is InChI=1S/C17H17N5O2S/c1-12-19-16(20-24-12)13-4-5-15(18-11-13)21-6-8-22(9-7-21)17(23)14-3-2-10-25-14/h2-5,10-11H,6-9H2,1H3. The summed E-state index contributed by atoms with van der Waals surface area (Å²) in [7, 11) is 0. The molecule has 0 N–H and O–H groups in total. The molecule has 7 nitrogen and oxygen atoms in total. The Morgan fingerprint density at radius 1 is 1.20 bits per heavy atom. The van der Waals surface area contributed by atoms with Crippen LogP contribution in [0.15, 0.2) is 40.4 Å². The van der Waals surface area contributed by atoms with Gasteiger partial charge in [-0.05, 0) is 23.6 Å². The number of rotatable bonds is 3. The van der Waals surface area contributed by atoms with Crippen LogP contribution in [0, 0.1) is 6.92 Å². The first-order valence-electron chi connectivity index (χ1n) is 8.05. The highest BCUT2D eigenvalue weighted by atomic mass is 32.1. The lowest BCUT2D eigenvalue weighted by Gasteiger charge is -2.35. The van der Waals surface area contributed by atoms with Crippen LogP contribution in [0.25, 0.3) is 11.4 Å². The zero-order chi connectivity index (χ0) is 17.2. The first-order valence-corrected chi connectivity index (χ1v) is 8.93. The van der Waals surface area contributed by atoms with Gasteiger partial charge >= 0.3 is 0 Å². The number of carbonyl (C=O) groups is 1. The van der Waals surface area contributed by atoms with Gasteiger partial charge in [0.25, 0.3) is 5.91 Å². The molecule has 1 amide bonds. The Morgan fingerprint density at radius 3 is 2.64 bits per heavy atom. The molecule has 0 atom stereocenters. The second-order valence-corrected chi connectivity index (χ2v) is 6.75. The van der Waals surface area contributed by atoms with Crippen molar-refractivity contribution in [3.8, 4) is 11.4 Å². The first-order chi connectivity index (χ1) is 12.2. The number of hydrogen-bond acceptors (Lipinski definition) is 7. The van der Waals surface area contributed by atoms with Gasteiger partial charge in [0.15, 0.2) is 0 Å². The average molecular weight is 355 g/mol. The first kappa shape index (κ1) is 15.8. The highest BCUT2D eigenvalue weighted by Crippen LogP contribution is 2.20. The minimum atomic E-state index is 0.116. The number of anilines is 1. The minimum Gasteiger partial charge on any atom is -0.353 e. The van der Waals surface area contributed by atoms with E-state index in [2.05, 4.69) is 20.0 Å². The number of aryl methyl sites for hydroxylation is 1. The molecule has 1 saturated heterocycles. The minimum absolute atomic E-state index is 0.116. The Kier molecular flexibility index (Phi) is 4.19. The van der Waals surface area contributed by atoms with Gasteiger partial charge in [0.05, 0.1) is 4.88 Å². The fourth-order valence-corrected chi connectivity index (χ4v) is 3.51. The van der Waals surface area contributed by atoms with E-state index in [1.807, 2.05) is 34.5 Å². The van der Waals surface area contributed by atoms with E-state index >= 15 is 0 Å². The molecule has 0 unspecified atom stereocenters. The summed E-state index contributed by atoms with van der Waals surface area (Å²) in [6.07, 6.45) is 1.75. The summed E-state index contributed by atoms with van der Waals surface area (Å²) < 4.78 is 4.99. The fourth-order valence-electron chi connectivity index (χ4n) is 2.82. The summed E-state index contributed by atoms with van der Waals surface area (Å²) in [6.45, 7) is 4.69. The zero-order valence-electron chi connectivity index (χ0n) is 13.8. The Bertz CT molecular complexity index is 852. The topological polar surface area (TPSA) is 75.4 Å². The molecule has 3 aromatic heterocycles. The summed E-state index contributed by atoms with van der Waals surface area (Å²) in [4.78, 5) is 26.0. The molecule has 3 aromatic rings. The van der Waals surface area contributed by atoms with Gasteiger partial charge in [-0.15, -0.1) is 11.3 Å². The average Bonchev–Trinajstić information content (AvgIpc) is 3.33. The highest BCUT2D eigenvalue weighted by molar-refractivity contribution is 7.12. The van der Waals surface area contributed by atoms with Crippen LogP contribution in [0.5, 0.6) is 0 Å². The Labute approximate surface area is 148 Å². The van der Waals surface area contributed by atoms with E-state index in [1.165, 1.54) is 11.3 Å². The van der Waals surface area contributed by atoms with Gasteiger partial charge in [0.1, 0.15) is 5.82 Å². The Balaban J connectivity index is 1.40. The Morgan fingerprint density at radius 2 is 2.04 bits per heavy atom. The number of hydrogen-bond donors (Lipinski definition) is 0. The van der Waals surface area contributed by atoms with Crippen LogP contribution in [-0.4, -0.2) is 52.1 Å². The molecule has 1 aliphatic rings. The van der Waals surface area contributed by atoms with Crippen LogP contribution in [0.2, 0.25) is 0 Å². The van der Waals surface area contributed by atoms with Crippen LogP contribution in [0.4, 0.5) is 5.82 Å². The SMILES string of the molecule is Cc1nc(-c2ccc(N3CCN(C(=O)c4cccs4)CC3)nc2)no1. The van der Waals surface area contributed by atoms with Gasteiger partial charge in [-0.2, -0.15) is 4.98 Å². The van der Waals surface area contributed by atoms with Crippen LogP contribution in [-0.2, 0) is 0 Å². The van der Waals surface area contributed by atoms with Crippen molar-refractivity contribution in [3.05, 3.63) is 46.6 Å². The quantitative estimate of drug-likeness (QED) is 0.718. The highest BCUT2D eigenvalue weighted by Gasteiger charge is 2.23. The predicted octanol–water partition coefficient (Wildman–Crippen LogP) is 2.46. The maximum atomic E-state index is 12.4. The van der Waals surface area contributed by atoms with Crippen molar-refractivity contribution in [1.29, 1.82) is 0 Å². The van der Waals surface area contributed by atoms with E-state index in [9.17, 15) is 4.79 Å². The summed E-state index contributed by atoms with van der Waals surface area (Å²) >= 11 is 1.49. The molecule has 0 saturated carbocycles. The van der Waals surface area contributed by atoms with Crippen molar-refractivity contribution in [1.82, 2.24) is 20.0 Å². The van der Waals surface area contributed by atoms with Crippen LogP contribution in [0.1, 0.15) is 15.6 Å². The van der Waals surface area contributed by atoms with Gasteiger partial charge < -0.3 is 14.3 Å². The van der Waals surface area contributed by atoms with Gasteiger partial charge in [-0.1, -0.05) is 11.2 Å². The van der Waals surface area contributed by atoms with Gasteiger partial charge in [0.2, 0.25) is 11.7 Å². The molecule has 128 valence electrons. The molecule has 0 bridgehead atoms. The molecule has 0 spiro atoms. The third-order valence-electron chi connectivity index (χ3n) is 4.16. The normalized spacial score (nSPS) is 14.8. The maximum Gasteiger partial charge on any atom is 0.264 e. The Hall–Kier alpha value is -2.74. The van der Waals surface area contributed by atoms with Gasteiger partial charge in [0, 0.05) is 44.9 Å². The van der Waals surface area contributed by atoms with Crippen molar-refractivity contribution >= 4 is 23.1 Å². The summed E-state index contributed by atoms with van der Waals surface area (Å²) in [5.74, 6) is 2.09. The molecule has 0 aliphatic carbocycles. The number of piperazine rings is 1. The maximum absolute atomic E-state index is 12.4. The number of thiophene rings is 1. The molecule has 4 heterocycles. The predicted molar refractivity (Wildman–Crippen MR) is 94.7 cm³/mol. The lowest BCUT2D eigenvalue weighted by molar-refractivity contribution is 0.0751. The van der Waals surface area contributed by atoms with Crippen LogP contribution >= 0.6 is 11.3 Å². The monoisotopic (exact) mass is 355 g/mol. The van der Waals surface area contributed by atoms with Crippen molar-refractivity contribution in [2.24, 2.45) is 0 Å². The molecule has 25 heavy (non-hydrogen) atoms.